The van der Waals surface area contributed by atoms with Crippen molar-refractivity contribution in [3.8, 4) is 11.5 Å². The lowest BCUT2D eigenvalue weighted by Gasteiger charge is -2.16. The van der Waals surface area contributed by atoms with Crippen LogP contribution in [0.1, 0.15) is 11.1 Å². The van der Waals surface area contributed by atoms with Crippen molar-refractivity contribution >= 4 is 90.6 Å². The van der Waals surface area contributed by atoms with Gasteiger partial charge < -0.3 is 20.8 Å². The first kappa shape index (κ1) is 39.7. The zero-order valence-electron chi connectivity index (χ0n) is 28.8. The van der Waals surface area contributed by atoms with Crippen LogP contribution in [-0.2, 0) is 40.3 Å². The van der Waals surface area contributed by atoms with Crippen molar-refractivity contribution in [1.82, 2.24) is 0 Å². The SMILES string of the molecule is Cc1ccc(NC(=O)Nc2ccc(C)c(S(=O)(=O)Nc3cc4cc(O)ccc4cc3S(=O)(=O)O)c2)cc1S(=O)(=O)Nc1cc2cc(O)ccc2cc1S(=O)(=O)O. The molecule has 0 radical (unpaired) electrons. The number of carbonyl (C=O) groups excluding carboxylic acids is 1. The first-order valence-corrected chi connectivity index (χ1v) is 21.7. The topological polar surface area (TPSA) is 283 Å². The Hall–Kier alpha value is -5.97. The van der Waals surface area contributed by atoms with Gasteiger partial charge in [0.25, 0.3) is 40.3 Å². The smallest absolute Gasteiger partial charge is 0.323 e. The number of nitrogens with one attached hydrogen (secondary N) is 4. The van der Waals surface area contributed by atoms with E-state index in [1.54, 1.807) is 0 Å². The van der Waals surface area contributed by atoms with Crippen molar-refractivity contribution in [2.24, 2.45) is 0 Å². The molecule has 6 aromatic carbocycles. The number of phenols is 2. The number of carbonyl (C=O) groups is 1. The minimum Gasteiger partial charge on any atom is -0.508 e. The van der Waals surface area contributed by atoms with Crippen LogP contribution in [0.2, 0.25) is 0 Å². The number of phenolic OH excluding ortho intramolecular Hbond substituents is 2. The highest BCUT2D eigenvalue weighted by molar-refractivity contribution is 7.93. The van der Waals surface area contributed by atoms with Gasteiger partial charge in [0.15, 0.2) is 0 Å². The number of anilines is 4. The fourth-order valence-corrected chi connectivity index (χ4v) is 9.88. The summed E-state index contributed by atoms with van der Waals surface area (Å²) < 4.78 is 127. The van der Waals surface area contributed by atoms with E-state index in [0.29, 0.717) is 0 Å². The summed E-state index contributed by atoms with van der Waals surface area (Å²) in [4.78, 5) is 10.8. The molecule has 8 N–H and O–H groups in total. The van der Waals surface area contributed by atoms with E-state index in [1.165, 1.54) is 74.5 Å². The zero-order chi connectivity index (χ0) is 41.0. The molecule has 0 aliphatic heterocycles. The fraction of sp³-hybridized carbons (Fsp3) is 0.0571. The van der Waals surface area contributed by atoms with E-state index in [1.807, 2.05) is 0 Å². The first-order valence-electron chi connectivity index (χ1n) is 15.8. The average Bonchev–Trinajstić information content (AvgIpc) is 3.07. The Morgan fingerprint density at radius 2 is 0.839 bits per heavy atom. The summed E-state index contributed by atoms with van der Waals surface area (Å²) in [5.74, 6) is -0.367. The maximum Gasteiger partial charge on any atom is 0.323 e. The Labute approximate surface area is 320 Å². The summed E-state index contributed by atoms with van der Waals surface area (Å²) >= 11 is 0. The van der Waals surface area contributed by atoms with Gasteiger partial charge in [-0.15, -0.1) is 0 Å². The number of aryl methyl sites for hydroxylation is 2. The van der Waals surface area contributed by atoms with Gasteiger partial charge in [-0.05, 0) is 119 Å². The summed E-state index contributed by atoms with van der Waals surface area (Å²) in [5.41, 5.74) is -0.806. The predicted molar refractivity (Wildman–Crippen MR) is 207 cm³/mol. The molecule has 292 valence electrons. The van der Waals surface area contributed by atoms with E-state index in [9.17, 15) is 57.8 Å². The summed E-state index contributed by atoms with van der Waals surface area (Å²) in [6.45, 7) is 2.87. The lowest BCUT2D eigenvalue weighted by Crippen LogP contribution is -2.21. The van der Waals surface area contributed by atoms with Crippen LogP contribution in [0.25, 0.3) is 21.5 Å². The Balaban J connectivity index is 1.25. The summed E-state index contributed by atoms with van der Waals surface area (Å²) in [5, 5.41) is 25.7. The molecule has 0 bridgehead atoms. The monoisotopic (exact) mass is 842 g/mol. The molecule has 6 rings (SSSR count). The first-order chi connectivity index (χ1) is 26.0. The van der Waals surface area contributed by atoms with Crippen LogP contribution < -0.4 is 20.1 Å². The largest absolute Gasteiger partial charge is 0.508 e. The molecule has 0 saturated carbocycles. The highest BCUT2D eigenvalue weighted by atomic mass is 32.2. The van der Waals surface area contributed by atoms with Crippen LogP contribution in [0.15, 0.2) is 117 Å². The number of rotatable bonds is 10. The van der Waals surface area contributed by atoms with Crippen LogP contribution in [-0.4, -0.2) is 59.0 Å². The average molecular weight is 843 g/mol. The molecule has 0 atom stereocenters. The normalized spacial score (nSPS) is 12.4. The molecule has 0 heterocycles. The lowest BCUT2D eigenvalue weighted by atomic mass is 10.1. The molecule has 0 spiro atoms. The van der Waals surface area contributed by atoms with E-state index in [4.69, 9.17) is 0 Å². The minimum absolute atomic E-state index is 0.0615. The Bertz CT molecular complexity index is 2880. The maximum atomic E-state index is 13.6. The molecule has 2 amide bonds. The summed E-state index contributed by atoms with van der Waals surface area (Å²) in [6.07, 6.45) is 0. The lowest BCUT2D eigenvalue weighted by molar-refractivity contribution is 0.262. The van der Waals surface area contributed by atoms with E-state index in [-0.39, 0.29) is 55.5 Å². The van der Waals surface area contributed by atoms with Gasteiger partial charge in [-0.2, -0.15) is 16.8 Å². The third-order valence-electron chi connectivity index (χ3n) is 8.36. The van der Waals surface area contributed by atoms with Crippen LogP contribution >= 0.6 is 0 Å². The van der Waals surface area contributed by atoms with Crippen LogP contribution in [0.4, 0.5) is 27.5 Å². The van der Waals surface area contributed by atoms with Crippen molar-refractivity contribution in [3.63, 3.8) is 0 Å². The number of hydrogen-bond donors (Lipinski definition) is 8. The quantitative estimate of drug-likeness (QED) is 0.0763. The van der Waals surface area contributed by atoms with Crippen molar-refractivity contribution < 1.29 is 57.8 Å². The van der Waals surface area contributed by atoms with Crippen molar-refractivity contribution in [2.45, 2.75) is 33.4 Å². The van der Waals surface area contributed by atoms with Crippen LogP contribution in [0.3, 0.4) is 0 Å². The summed E-state index contributed by atoms with van der Waals surface area (Å²) in [7, 11) is -19.1. The van der Waals surface area contributed by atoms with Gasteiger partial charge in [0, 0.05) is 11.4 Å². The number of fused-ring (bicyclic) bond motifs is 2. The van der Waals surface area contributed by atoms with Crippen LogP contribution in [0.5, 0.6) is 11.5 Å². The molecule has 0 aliphatic rings. The molecule has 0 aliphatic carbocycles. The van der Waals surface area contributed by atoms with Gasteiger partial charge in [0.2, 0.25) is 0 Å². The fourth-order valence-electron chi connectivity index (χ4n) is 5.74. The molecule has 0 unspecified atom stereocenters. The number of amides is 2. The van der Waals surface area contributed by atoms with Gasteiger partial charge in [-0.25, -0.2) is 21.6 Å². The molecule has 6 aromatic rings. The molecular weight excluding hydrogens is 813 g/mol. The van der Waals surface area contributed by atoms with Gasteiger partial charge in [-0.3, -0.25) is 18.5 Å². The van der Waals surface area contributed by atoms with Crippen molar-refractivity contribution in [3.05, 3.63) is 108 Å². The molecule has 0 fully saturated rings. The molecule has 21 heteroatoms. The number of hydrogen-bond acceptors (Lipinski definition) is 11. The number of benzene rings is 6. The van der Waals surface area contributed by atoms with E-state index in [2.05, 4.69) is 20.1 Å². The molecule has 0 saturated heterocycles. The zero-order valence-corrected chi connectivity index (χ0v) is 32.1. The van der Waals surface area contributed by atoms with Crippen molar-refractivity contribution in [1.29, 1.82) is 0 Å². The van der Waals surface area contributed by atoms with Gasteiger partial charge in [0.1, 0.15) is 21.3 Å². The van der Waals surface area contributed by atoms with Crippen LogP contribution in [0, 0.1) is 13.8 Å². The minimum atomic E-state index is -4.94. The van der Waals surface area contributed by atoms with E-state index in [0.717, 1.165) is 36.4 Å². The number of aromatic hydroxyl groups is 2. The third-order valence-corrected chi connectivity index (χ3v) is 13.2. The molecule has 17 nitrogen and oxygen atoms in total. The highest BCUT2D eigenvalue weighted by Gasteiger charge is 2.26. The van der Waals surface area contributed by atoms with Gasteiger partial charge in [-0.1, -0.05) is 24.3 Å². The molecular formula is C35H30N4O13S4. The Morgan fingerprint density at radius 1 is 0.464 bits per heavy atom. The predicted octanol–water partition coefficient (Wildman–Crippen LogP) is 5.76. The van der Waals surface area contributed by atoms with E-state index < -0.39 is 77.3 Å². The number of sulfonamides is 2. The maximum absolute atomic E-state index is 13.6. The second kappa shape index (κ2) is 14.3. The van der Waals surface area contributed by atoms with Gasteiger partial charge in [0.05, 0.1) is 21.2 Å². The standard InChI is InChI=1S/C35H30N4O13S4/c1-19-3-7-25(17-31(19)53(43,44)38-29-13-23-11-27(40)9-5-21(23)15-33(29)55(47,48)49)36-35(42)37-26-8-4-20(2)32(18-26)54(45,46)39-30-14-24-12-28(41)10-6-22(24)16-34(30)56(50,51)52/h3-18,38-41H,1-2H3,(H2,36,37,42)(H,47,48,49)(H,50,51,52). The van der Waals surface area contributed by atoms with Gasteiger partial charge >= 0.3 is 6.03 Å². The second-order valence-corrected chi connectivity index (χ2v) is 18.5. The molecule has 56 heavy (non-hydrogen) atoms. The van der Waals surface area contributed by atoms with Crippen molar-refractivity contribution in [2.75, 3.05) is 20.1 Å². The second-order valence-electron chi connectivity index (χ2n) is 12.5. The van der Waals surface area contributed by atoms with E-state index >= 15 is 0 Å². The Morgan fingerprint density at radius 3 is 1.20 bits per heavy atom. The third kappa shape index (κ3) is 8.46. The molecule has 0 aromatic heterocycles. The Kier molecular flexibility index (Phi) is 10.1. The summed E-state index contributed by atoms with van der Waals surface area (Å²) in [6, 6.07) is 18.7. The highest BCUT2D eigenvalue weighted by Crippen LogP contribution is 2.34. The number of urea groups is 1.